The van der Waals surface area contributed by atoms with Crippen LogP contribution in [-0.2, 0) is 0 Å². The molecule has 3 N–H and O–H groups in total. The number of aryl methyl sites for hydroxylation is 1. The maximum absolute atomic E-state index is 13.8. The summed E-state index contributed by atoms with van der Waals surface area (Å²) in [6.07, 6.45) is 2.77. The molecule has 138 valence electrons. The van der Waals surface area contributed by atoms with Crippen molar-refractivity contribution in [3.05, 3.63) is 65.3 Å². The summed E-state index contributed by atoms with van der Waals surface area (Å²) in [5.74, 6) is 5.38. The molecule has 1 fully saturated rings. The van der Waals surface area contributed by atoms with Gasteiger partial charge in [0.05, 0.1) is 0 Å². The highest BCUT2D eigenvalue weighted by molar-refractivity contribution is 5.71. The number of piperidine rings is 1. The fourth-order valence-corrected chi connectivity index (χ4v) is 2.73. The second-order valence-electron chi connectivity index (χ2n) is 6.36. The van der Waals surface area contributed by atoms with Crippen LogP contribution in [0.4, 0.5) is 14.9 Å². The van der Waals surface area contributed by atoms with Crippen LogP contribution in [0, 0.1) is 24.6 Å². The number of nitrogens with zero attached hydrogens (tertiary/aromatic N) is 2. The van der Waals surface area contributed by atoms with E-state index < -0.39 is 11.9 Å². The number of rotatable bonds is 1. The number of carbonyl (C=O) groups is 1. The van der Waals surface area contributed by atoms with Crippen molar-refractivity contribution in [2.75, 3.05) is 13.1 Å². The Labute approximate surface area is 157 Å². The Morgan fingerprint density at radius 3 is 2.78 bits per heavy atom. The van der Waals surface area contributed by atoms with E-state index in [1.165, 1.54) is 17.7 Å². The minimum Gasteiger partial charge on any atom is -0.407 e. The molecule has 1 aromatic carbocycles. The molecule has 1 aliphatic rings. The molecule has 0 spiro atoms. The summed E-state index contributed by atoms with van der Waals surface area (Å²) >= 11 is 0. The largest absolute Gasteiger partial charge is 0.415 e. The average Bonchev–Trinajstić information content (AvgIpc) is 2.64. The van der Waals surface area contributed by atoms with Gasteiger partial charge >= 0.3 is 6.09 Å². The third kappa shape index (κ3) is 5.16. The molecule has 1 amide bonds. The highest BCUT2D eigenvalue weighted by Crippen LogP contribution is 2.21. The molecular formula is C21H21FN3O2+. The van der Waals surface area contributed by atoms with Crippen LogP contribution >= 0.6 is 0 Å². The molecule has 3 rings (SSSR count). The van der Waals surface area contributed by atoms with Gasteiger partial charge in [-0.25, -0.2) is 14.2 Å². The lowest BCUT2D eigenvalue weighted by molar-refractivity contribution is -0.255. The highest BCUT2D eigenvalue weighted by atomic mass is 19.1. The van der Waals surface area contributed by atoms with E-state index in [4.69, 9.17) is 4.74 Å². The van der Waals surface area contributed by atoms with Gasteiger partial charge in [0.2, 0.25) is 0 Å². The van der Waals surface area contributed by atoms with Gasteiger partial charge in [-0.05, 0) is 50.0 Å². The third-order valence-corrected chi connectivity index (χ3v) is 4.22. The molecule has 2 aromatic rings. The first-order chi connectivity index (χ1) is 13.0. The quantitative estimate of drug-likeness (QED) is 0.789. The van der Waals surface area contributed by atoms with Gasteiger partial charge < -0.3 is 15.4 Å². The number of ether oxygens (including phenoxy) is 1. The Bertz CT molecular complexity index is 934. The fourth-order valence-electron chi connectivity index (χ4n) is 2.73. The van der Waals surface area contributed by atoms with Crippen LogP contribution < -0.4 is 10.5 Å². The normalized spacial score (nSPS) is 13.6. The molecule has 0 unspecified atom stereocenters. The van der Waals surface area contributed by atoms with E-state index in [1.807, 2.05) is 31.2 Å². The zero-order chi connectivity index (χ0) is 19.2. The Morgan fingerprint density at radius 2 is 2.07 bits per heavy atom. The van der Waals surface area contributed by atoms with E-state index in [0.717, 1.165) is 11.4 Å². The monoisotopic (exact) mass is 366 g/mol. The predicted octanol–water partition coefficient (Wildman–Crippen LogP) is 2.98. The Balaban J connectivity index is 1.54. The van der Waals surface area contributed by atoms with Crippen LogP contribution in [0.25, 0.3) is 0 Å². The number of likely N-dealkylation sites (tertiary alicyclic amines) is 1. The molecule has 1 aromatic heterocycles. The smallest absolute Gasteiger partial charge is 0.407 e. The number of amides is 1. The zero-order valence-electron chi connectivity index (χ0n) is 15.2. The van der Waals surface area contributed by atoms with Gasteiger partial charge in [0.25, 0.3) is 0 Å². The van der Waals surface area contributed by atoms with Crippen molar-refractivity contribution in [2.24, 2.45) is 0 Å². The Morgan fingerprint density at radius 1 is 1.30 bits per heavy atom. The predicted molar refractivity (Wildman–Crippen MR) is 99.7 cm³/mol. The van der Waals surface area contributed by atoms with Gasteiger partial charge in [0.1, 0.15) is 11.4 Å². The van der Waals surface area contributed by atoms with Crippen LogP contribution in [0.15, 0.2) is 48.0 Å². The van der Waals surface area contributed by atoms with Gasteiger partial charge in [-0.3, -0.25) is 0 Å². The number of allylic oxidation sites excluding steroid dienone is 1. The molecule has 1 aliphatic heterocycles. The molecule has 2 heterocycles. The number of pyridine rings is 1. The number of quaternary nitrogens is 1. The van der Waals surface area contributed by atoms with Gasteiger partial charge in [0, 0.05) is 30.9 Å². The first-order valence-corrected chi connectivity index (χ1v) is 8.72. The zero-order valence-corrected chi connectivity index (χ0v) is 15.2. The minimum absolute atomic E-state index is 0.0785. The summed E-state index contributed by atoms with van der Waals surface area (Å²) in [4.78, 5) is 18.1. The van der Waals surface area contributed by atoms with Crippen LogP contribution in [0.2, 0.25) is 0 Å². The van der Waals surface area contributed by atoms with Crippen molar-refractivity contribution in [3.8, 4) is 17.6 Å². The summed E-state index contributed by atoms with van der Waals surface area (Å²) in [5, 5.41) is 0. The number of hydrogen-bond acceptors (Lipinski definition) is 3. The number of halogens is 1. The molecule has 6 heteroatoms. The van der Waals surface area contributed by atoms with Gasteiger partial charge in [0.15, 0.2) is 11.6 Å². The van der Waals surface area contributed by atoms with Crippen LogP contribution in [-0.4, -0.2) is 29.1 Å². The maximum Gasteiger partial charge on any atom is 0.415 e. The Hall–Kier alpha value is -3.17. The van der Waals surface area contributed by atoms with Gasteiger partial charge in [-0.15, -0.1) is 0 Å². The number of aromatic nitrogens is 1. The van der Waals surface area contributed by atoms with Crippen molar-refractivity contribution in [1.29, 1.82) is 0 Å². The number of hydrogen-bond donors (Lipinski definition) is 1. The lowest BCUT2D eigenvalue weighted by Crippen LogP contribution is -2.40. The van der Waals surface area contributed by atoms with Crippen molar-refractivity contribution in [1.82, 2.24) is 9.88 Å². The molecule has 27 heavy (non-hydrogen) atoms. The van der Waals surface area contributed by atoms with Crippen LogP contribution in [0.1, 0.15) is 24.2 Å². The van der Waals surface area contributed by atoms with Crippen molar-refractivity contribution < 1.29 is 19.7 Å². The summed E-state index contributed by atoms with van der Waals surface area (Å²) in [5.41, 5.74) is 7.01. The average molecular weight is 366 g/mol. The van der Waals surface area contributed by atoms with E-state index >= 15 is 0 Å². The number of carbonyl (C=O) groups excluding carboxylic acids is 1. The lowest BCUT2D eigenvalue weighted by atomic mass is 10.0. The molecule has 0 atom stereocenters. The second-order valence-corrected chi connectivity index (χ2v) is 6.36. The van der Waals surface area contributed by atoms with Crippen LogP contribution in [0.3, 0.4) is 0 Å². The second kappa shape index (κ2) is 8.47. The fraction of sp³-hybridized carbons (Fsp3) is 0.238. The van der Waals surface area contributed by atoms with Crippen molar-refractivity contribution in [2.45, 2.75) is 19.8 Å². The lowest BCUT2D eigenvalue weighted by Gasteiger charge is -2.27. The first kappa shape index (κ1) is 18.6. The van der Waals surface area contributed by atoms with E-state index in [9.17, 15) is 9.18 Å². The third-order valence-electron chi connectivity index (χ3n) is 4.22. The maximum atomic E-state index is 13.8. The van der Waals surface area contributed by atoms with Crippen LogP contribution in [0.5, 0.6) is 5.75 Å². The minimum atomic E-state index is -0.589. The van der Waals surface area contributed by atoms with E-state index in [2.05, 4.69) is 22.6 Å². The summed E-state index contributed by atoms with van der Waals surface area (Å²) in [7, 11) is 0. The van der Waals surface area contributed by atoms with E-state index in [0.29, 0.717) is 31.6 Å². The van der Waals surface area contributed by atoms with E-state index in [1.54, 1.807) is 11.0 Å². The number of benzene rings is 1. The standard InChI is InChI=1S/C21H20FN3O2/c1-15-4-2-6-18(24-15)7-3-5-16-10-12-25(13-11-16)21(26)27-20-9-8-17(23)14-19(20)22/h2,4-6,8-9,14H,10-13,23H2,1H3/p+1. The first-order valence-electron chi connectivity index (χ1n) is 8.72. The summed E-state index contributed by atoms with van der Waals surface area (Å²) < 4.78 is 18.9. The van der Waals surface area contributed by atoms with Crippen molar-refractivity contribution in [3.63, 3.8) is 0 Å². The molecule has 0 radical (unpaired) electrons. The Kier molecular flexibility index (Phi) is 5.84. The highest BCUT2D eigenvalue weighted by Gasteiger charge is 2.21. The van der Waals surface area contributed by atoms with E-state index in [-0.39, 0.29) is 5.75 Å². The molecular weight excluding hydrogens is 345 g/mol. The molecule has 0 bridgehead atoms. The topological polar surface area (TPSA) is 70.1 Å². The van der Waals surface area contributed by atoms with Crippen molar-refractivity contribution >= 4 is 11.8 Å². The summed E-state index contributed by atoms with van der Waals surface area (Å²) in [6.45, 7) is 2.96. The molecule has 1 saturated heterocycles. The molecule has 0 aliphatic carbocycles. The molecule has 5 nitrogen and oxygen atoms in total. The SMILES string of the molecule is Cc1cccc(C#CC=C2CCN(C(=O)Oc3ccc([NH3+])cc3F)CC2)n1. The summed E-state index contributed by atoms with van der Waals surface area (Å²) in [6, 6.07) is 9.98. The van der Waals surface area contributed by atoms with Gasteiger partial charge in [-0.2, -0.15) is 0 Å². The van der Waals surface area contributed by atoms with Gasteiger partial charge in [-0.1, -0.05) is 17.6 Å². The molecule has 0 saturated carbocycles.